The monoisotopic (exact) mass is 363 g/mol. The van der Waals surface area contributed by atoms with Gasteiger partial charge in [0.2, 0.25) is 5.78 Å². The maximum atomic E-state index is 4.66. The smallest absolute Gasteiger partial charge is 0.234 e. The van der Waals surface area contributed by atoms with Crippen LogP contribution in [0.15, 0.2) is 48.0 Å². The number of thioether (sulfide) groups is 1. The highest BCUT2D eigenvalue weighted by molar-refractivity contribution is 7.98. The molecule has 0 saturated heterocycles. The third-order valence-electron chi connectivity index (χ3n) is 4.60. The summed E-state index contributed by atoms with van der Waals surface area (Å²) >= 11 is 1.69. The van der Waals surface area contributed by atoms with Gasteiger partial charge in [-0.05, 0) is 51.0 Å². The van der Waals surface area contributed by atoms with Crippen molar-refractivity contribution in [2.45, 2.75) is 38.6 Å². The van der Waals surface area contributed by atoms with E-state index in [0.717, 1.165) is 33.8 Å². The Morgan fingerprint density at radius 2 is 1.92 bits per heavy atom. The summed E-state index contributed by atoms with van der Waals surface area (Å²) in [6.07, 6.45) is 5.93. The zero-order chi connectivity index (χ0) is 18.3. The van der Waals surface area contributed by atoms with E-state index in [9.17, 15) is 0 Å². The summed E-state index contributed by atoms with van der Waals surface area (Å²) in [6.45, 7) is 8.36. The number of imidazole rings is 2. The molecular formula is C20H21N5S. The van der Waals surface area contributed by atoms with Gasteiger partial charge < -0.3 is 0 Å². The van der Waals surface area contributed by atoms with Crippen LogP contribution in [0.2, 0.25) is 0 Å². The van der Waals surface area contributed by atoms with Crippen molar-refractivity contribution in [3.8, 4) is 5.69 Å². The predicted molar refractivity (Wildman–Crippen MR) is 105 cm³/mol. The predicted octanol–water partition coefficient (Wildman–Crippen LogP) is 4.44. The average Bonchev–Trinajstić information content (AvgIpc) is 3.22. The molecule has 3 heterocycles. The first kappa shape index (κ1) is 16.8. The van der Waals surface area contributed by atoms with Gasteiger partial charge >= 0.3 is 0 Å². The molecule has 1 aromatic carbocycles. The van der Waals surface area contributed by atoms with Gasteiger partial charge in [-0.2, -0.15) is 0 Å². The molecule has 0 atom stereocenters. The molecule has 0 bridgehead atoms. The van der Waals surface area contributed by atoms with Crippen LogP contribution in [-0.4, -0.2) is 23.9 Å². The van der Waals surface area contributed by atoms with Crippen LogP contribution < -0.4 is 0 Å². The van der Waals surface area contributed by atoms with Gasteiger partial charge in [-0.25, -0.2) is 15.0 Å². The van der Waals surface area contributed by atoms with Crippen LogP contribution in [0, 0.1) is 27.7 Å². The van der Waals surface area contributed by atoms with E-state index in [2.05, 4.69) is 70.8 Å². The highest BCUT2D eigenvalue weighted by Gasteiger charge is 2.11. The molecule has 0 unspecified atom stereocenters. The van der Waals surface area contributed by atoms with Gasteiger partial charge in [-0.15, -0.1) is 0 Å². The second-order valence-corrected chi connectivity index (χ2v) is 7.47. The van der Waals surface area contributed by atoms with Crippen LogP contribution in [0.5, 0.6) is 0 Å². The first-order valence-electron chi connectivity index (χ1n) is 8.58. The fourth-order valence-corrected chi connectivity index (χ4v) is 3.95. The fourth-order valence-electron chi connectivity index (χ4n) is 3.10. The molecule has 4 rings (SSSR count). The number of benzene rings is 1. The Morgan fingerprint density at radius 3 is 2.77 bits per heavy atom. The SMILES string of the molecule is Cc1cc(C)n2cc(CSc3nccn3-c3cccc(C)c3C)nc2n1. The molecule has 0 aliphatic rings. The first-order valence-corrected chi connectivity index (χ1v) is 9.56. The Bertz CT molecular complexity index is 1090. The van der Waals surface area contributed by atoms with Crippen LogP contribution in [0.25, 0.3) is 11.5 Å². The molecule has 5 nitrogen and oxygen atoms in total. The molecular weight excluding hydrogens is 342 g/mol. The minimum Gasteiger partial charge on any atom is -0.295 e. The summed E-state index contributed by atoms with van der Waals surface area (Å²) in [5.74, 6) is 1.51. The molecule has 6 heteroatoms. The Hall–Kier alpha value is -2.60. The quantitative estimate of drug-likeness (QED) is 0.503. The summed E-state index contributed by atoms with van der Waals surface area (Å²) in [6, 6.07) is 8.43. The Morgan fingerprint density at radius 1 is 1.08 bits per heavy atom. The maximum Gasteiger partial charge on any atom is 0.234 e. The number of fused-ring (bicyclic) bond motifs is 1. The van der Waals surface area contributed by atoms with E-state index in [1.807, 2.05) is 23.7 Å². The van der Waals surface area contributed by atoms with Crippen LogP contribution in [-0.2, 0) is 5.75 Å². The number of nitrogens with zero attached hydrogens (tertiary/aromatic N) is 5. The lowest BCUT2D eigenvalue weighted by molar-refractivity contribution is 0.885. The van der Waals surface area contributed by atoms with Gasteiger partial charge in [0.15, 0.2) is 5.16 Å². The Labute approximate surface area is 157 Å². The number of hydrogen-bond acceptors (Lipinski definition) is 4. The topological polar surface area (TPSA) is 48.0 Å². The molecule has 0 radical (unpaired) electrons. The maximum absolute atomic E-state index is 4.66. The van der Waals surface area contributed by atoms with Crippen LogP contribution >= 0.6 is 11.8 Å². The number of aryl methyl sites for hydroxylation is 3. The molecule has 0 aliphatic carbocycles. The average molecular weight is 363 g/mol. The van der Waals surface area contributed by atoms with Crippen LogP contribution in [0.4, 0.5) is 0 Å². The highest BCUT2D eigenvalue weighted by Crippen LogP contribution is 2.26. The number of hydrogen-bond donors (Lipinski definition) is 0. The molecule has 0 amide bonds. The van der Waals surface area contributed by atoms with E-state index in [0.29, 0.717) is 0 Å². The number of aromatic nitrogens is 5. The summed E-state index contributed by atoms with van der Waals surface area (Å²) in [5, 5.41) is 0.969. The van der Waals surface area contributed by atoms with Gasteiger partial charge in [0.1, 0.15) is 0 Å². The number of rotatable bonds is 4. The molecule has 0 fully saturated rings. The normalized spacial score (nSPS) is 11.4. The fraction of sp³-hybridized carbons (Fsp3) is 0.250. The molecule has 132 valence electrons. The van der Waals surface area contributed by atoms with Crippen molar-refractivity contribution in [3.63, 3.8) is 0 Å². The van der Waals surface area contributed by atoms with Crippen molar-refractivity contribution in [3.05, 3.63) is 71.1 Å². The van der Waals surface area contributed by atoms with E-state index in [1.165, 1.54) is 16.8 Å². The van der Waals surface area contributed by atoms with Crippen molar-refractivity contribution < 1.29 is 0 Å². The molecule has 0 saturated carbocycles. The van der Waals surface area contributed by atoms with Gasteiger partial charge in [0.05, 0.1) is 11.4 Å². The van der Waals surface area contributed by atoms with Crippen molar-refractivity contribution in [1.82, 2.24) is 23.9 Å². The van der Waals surface area contributed by atoms with E-state index in [1.54, 1.807) is 11.8 Å². The lowest BCUT2D eigenvalue weighted by Crippen LogP contribution is -1.99. The largest absolute Gasteiger partial charge is 0.295 e. The molecule has 4 aromatic rings. The van der Waals surface area contributed by atoms with Gasteiger partial charge in [0.25, 0.3) is 0 Å². The van der Waals surface area contributed by atoms with E-state index in [4.69, 9.17) is 0 Å². The minimum absolute atomic E-state index is 0.754. The zero-order valence-electron chi connectivity index (χ0n) is 15.4. The summed E-state index contributed by atoms with van der Waals surface area (Å²) in [5.41, 5.74) is 6.87. The van der Waals surface area contributed by atoms with Gasteiger partial charge in [-0.1, -0.05) is 23.9 Å². The first-order chi connectivity index (χ1) is 12.5. The summed E-state index contributed by atoms with van der Waals surface area (Å²) in [7, 11) is 0. The molecule has 26 heavy (non-hydrogen) atoms. The second kappa shape index (κ2) is 6.61. The van der Waals surface area contributed by atoms with E-state index < -0.39 is 0 Å². The molecule has 0 aliphatic heterocycles. The van der Waals surface area contributed by atoms with Crippen LogP contribution in [0.1, 0.15) is 28.2 Å². The Kier molecular flexibility index (Phi) is 4.28. The Balaban J connectivity index is 1.61. The standard InChI is InChI=1S/C20H21N5S/c1-13-6-5-7-18(16(13)4)24-9-8-21-20(24)26-12-17-11-25-15(3)10-14(2)22-19(25)23-17/h5-11H,12H2,1-4H3. The highest BCUT2D eigenvalue weighted by atomic mass is 32.2. The van der Waals surface area contributed by atoms with E-state index >= 15 is 0 Å². The lowest BCUT2D eigenvalue weighted by Gasteiger charge is -2.11. The van der Waals surface area contributed by atoms with E-state index in [-0.39, 0.29) is 0 Å². The molecule has 0 N–H and O–H groups in total. The second-order valence-electron chi connectivity index (χ2n) is 6.53. The minimum atomic E-state index is 0.754. The third kappa shape index (κ3) is 3.01. The van der Waals surface area contributed by atoms with Crippen molar-refractivity contribution in [2.75, 3.05) is 0 Å². The van der Waals surface area contributed by atoms with Crippen LogP contribution in [0.3, 0.4) is 0 Å². The lowest BCUT2D eigenvalue weighted by atomic mass is 10.1. The van der Waals surface area contributed by atoms with Crippen molar-refractivity contribution in [2.24, 2.45) is 0 Å². The summed E-state index contributed by atoms with van der Waals surface area (Å²) in [4.78, 5) is 13.7. The zero-order valence-corrected chi connectivity index (χ0v) is 16.2. The molecule has 0 spiro atoms. The van der Waals surface area contributed by atoms with Gasteiger partial charge in [0, 0.05) is 35.7 Å². The molecule has 3 aromatic heterocycles. The van der Waals surface area contributed by atoms with Crippen molar-refractivity contribution >= 4 is 17.5 Å². The van der Waals surface area contributed by atoms with Gasteiger partial charge in [-0.3, -0.25) is 8.97 Å². The summed E-state index contributed by atoms with van der Waals surface area (Å²) < 4.78 is 4.19. The third-order valence-corrected chi connectivity index (χ3v) is 5.60. The van der Waals surface area contributed by atoms with Crippen molar-refractivity contribution in [1.29, 1.82) is 0 Å².